The first-order valence-corrected chi connectivity index (χ1v) is 11.2. The summed E-state index contributed by atoms with van der Waals surface area (Å²) in [6.45, 7) is 1.09. The third-order valence-electron chi connectivity index (χ3n) is 5.00. The third kappa shape index (κ3) is 4.26. The minimum Gasteiger partial charge on any atom is -0.457 e. The Bertz CT molecular complexity index is 1020. The molecule has 0 N–H and O–H groups in total. The number of rotatable bonds is 5. The van der Waals surface area contributed by atoms with Crippen molar-refractivity contribution in [2.45, 2.75) is 18.9 Å². The van der Waals surface area contributed by atoms with Gasteiger partial charge in [0.25, 0.3) is 0 Å². The van der Waals surface area contributed by atoms with Crippen LogP contribution < -0.4 is 4.74 Å². The van der Waals surface area contributed by atoms with Crippen LogP contribution >= 0.6 is 0 Å². The molecule has 1 fully saturated rings. The molecular formula is C21H23N3O3S. The number of para-hydroxylation sites is 1. The van der Waals surface area contributed by atoms with Crippen molar-refractivity contribution in [2.75, 3.05) is 19.3 Å². The normalized spacial score (nSPS) is 16.2. The van der Waals surface area contributed by atoms with Crippen LogP contribution in [0.1, 0.15) is 18.9 Å². The van der Waals surface area contributed by atoms with E-state index in [1.807, 2.05) is 71.5 Å². The summed E-state index contributed by atoms with van der Waals surface area (Å²) in [7, 11) is -3.10. The van der Waals surface area contributed by atoms with Crippen molar-refractivity contribution in [2.24, 2.45) is 0 Å². The van der Waals surface area contributed by atoms with Crippen LogP contribution in [0.3, 0.4) is 0 Å². The van der Waals surface area contributed by atoms with Gasteiger partial charge in [-0.15, -0.1) is 0 Å². The number of ether oxygens (including phenoxy) is 1. The van der Waals surface area contributed by atoms with Gasteiger partial charge in [0.1, 0.15) is 11.5 Å². The molecule has 0 saturated carbocycles. The molecule has 3 aromatic rings. The summed E-state index contributed by atoms with van der Waals surface area (Å²) in [5.41, 5.74) is 1.92. The van der Waals surface area contributed by atoms with Crippen LogP contribution in [0.25, 0.3) is 11.3 Å². The maximum atomic E-state index is 11.7. The Morgan fingerprint density at radius 3 is 2.21 bits per heavy atom. The molecule has 0 unspecified atom stereocenters. The number of piperidine rings is 1. The van der Waals surface area contributed by atoms with Crippen LogP contribution in [-0.2, 0) is 10.0 Å². The molecule has 7 heteroatoms. The fraction of sp³-hybridized carbons (Fsp3) is 0.286. The monoisotopic (exact) mass is 397 g/mol. The molecule has 2 heterocycles. The van der Waals surface area contributed by atoms with Gasteiger partial charge in [-0.1, -0.05) is 18.2 Å². The summed E-state index contributed by atoms with van der Waals surface area (Å²) < 4.78 is 32.6. The Labute approximate surface area is 165 Å². The zero-order valence-corrected chi connectivity index (χ0v) is 16.5. The first-order valence-electron chi connectivity index (χ1n) is 9.33. The molecule has 1 saturated heterocycles. The number of sulfonamides is 1. The highest BCUT2D eigenvalue weighted by molar-refractivity contribution is 7.88. The Morgan fingerprint density at radius 2 is 1.57 bits per heavy atom. The Hall–Kier alpha value is -2.64. The van der Waals surface area contributed by atoms with Crippen LogP contribution in [-0.4, -0.2) is 41.8 Å². The van der Waals surface area contributed by atoms with E-state index in [4.69, 9.17) is 9.84 Å². The topological polar surface area (TPSA) is 64.4 Å². The van der Waals surface area contributed by atoms with Crippen LogP contribution in [0.5, 0.6) is 11.5 Å². The first kappa shape index (κ1) is 18.7. The maximum absolute atomic E-state index is 11.7. The fourth-order valence-corrected chi connectivity index (χ4v) is 4.33. The average Bonchev–Trinajstić information content (AvgIpc) is 3.19. The summed E-state index contributed by atoms with van der Waals surface area (Å²) in [6, 6.07) is 19.8. The minimum absolute atomic E-state index is 0.229. The zero-order chi connectivity index (χ0) is 19.6. The lowest BCUT2D eigenvalue weighted by Gasteiger charge is -2.30. The van der Waals surface area contributed by atoms with E-state index in [0.717, 1.165) is 35.6 Å². The van der Waals surface area contributed by atoms with E-state index < -0.39 is 10.0 Å². The quantitative estimate of drug-likeness (QED) is 0.654. The van der Waals surface area contributed by atoms with Gasteiger partial charge in [0.05, 0.1) is 18.0 Å². The second-order valence-electron chi connectivity index (χ2n) is 7.01. The molecule has 2 aromatic carbocycles. The Kier molecular flexibility index (Phi) is 5.19. The smallest absolute Gasteiger partial charge is 0.211 e. The minimum atomic E-state index is -3.10. The van der Waals surface area contributed by atoms with Gasteiger partial charge in [-0.2, -0.15) is 5.10 Å². The predicted molar refractivity (Wildman–Crippen MR) is 109 cm³/mol. The van der Waals surface area contributed by atoms with Gasteiger partial charge in [-0.3, -0.25) is 4.68 Å². The highest BCUT2D eigenvalue weighted by Crippen LogP contribution is 2.27. The molecule has 0 radical (unpaired) electrons. The van der Waals surface area contributed by atoms with E-state index in [0.29, 0.717) is 13.1 Å². The second kappa shape index (κ2) is 7.77. The van der Waals surface area contributed by atoms with Crippen molar-refractivity contribution in [3.63, 3.8) is 0 Å². The van der Waals surface area contributed by atoms with Gasteiger partial charge in [-0.05, 0) is 55.3 Å². The lowest BCUT2D eigenvalue weighted by molar-refractivity contribution is 0.262. The van der Waals surface area contributed by atoms with Crippen molar-refractivity contribution in [1.82, 2.24) is 14.1 Å². The molecule has 1 aromatic heterocycles. The molecule has 6 nitrogen and oxygen atoms in total. The Morgan fingerprint density at radius 1 is 0.929 bits per heavy atom. The molecule has 146 valence electrons. The standard InChI is InChI=1S/C21H23N3O3S/c1-28(25,26)23-14-11-18(12-15-23)24-16-13-21(22-24)17-7-9-20(10-8-17)27-19-5-3-2-4-6-19/h2-10,13,16,18H,11-12,14-15H2,1H3. The number of nitrogens with zero attached hydrogens (tertiary/aromatic N) is 3. The van der Waals surface area contributed by atoms with Crippen LogP contribution in [0.4, 0.5) is 0 Å². The molecule has 0 bridgehead atoms. The number of aromatic nitrogens is 2. The molecule has 1 aliphatic rings. The average molecular weight is 398 g/mol. The fourth-order valence-electron chi connectivity index (χ4n) is 3.45. The first-order chi connectivity index (χ1) is 13.5. The highest BCUT2D eigenvalue weighted by atomic mass is 32.2. The molecule has 28 heavy (non-hydrogen) atoms. The summed E-state index contributed by atoms with van der Waals surface area (Å²) in [5, 5.41) is 4.71. The second-order valence-corrected chi connectivity index (χ2v) is 9.00. The maximum Gasteiger partial charge on any atom is 0.211 e. The van der Waals surface area contributed by atoms with Gasteiger partial charge in [0.2, 0.25) is 10.0 Å². The van der Waals surface area contributed by atoms with Gasteiger partial charge in [0, 0.05) is 24.8 Å². The van der Waals surface area contributed by atoms with Crippen molar-refractivity contribution in [1.29, 1.82) is 0 Å². The largest absolute Gasteiger partial charge is 0.457 e. The predicted octanol–water partition coefficient (Wildman–Crippen LogP) is 3.94. The zero-order valence-electron chi connectivity index (χ0n) is 15.7. The highest BCUT2D eigenvalue weighted by Gasteiger charge is 2.26. The van der Waals surface area contributed by atoms with Crippen LogP contribution in [0.2, 0.25) is 0 Å². The van der Waals surface area contributed by atoms with E-state index >= 15 is 0 Å². The van der Waals surface area contributed by atoms with Crippen molar-refractivity contribution in [3.8, 4) is 22.8 Å². The number of benzene rings is 2. The van der Waals surface area contributed by atoms with E-state index in [9.17, 15) is 8.42 Å². The van der Waals surface area contributed by atoms with Crippen LogP contribution in [0.15, 0.2) is 66.9 Å². The molecule has 0 atom stereocenters. The molecular weight excluding hydrogens is 374 g/mol. The van der Waals surface area contributed by atoms with Crippen molar-refractivity contribution < 1.29 is 13.2 Å². The van der Waals surface area contributed by atoms with Gasteiger partial charge >= 0.3 is 0 Å². The van der Waals surface area contributed by atoms with Gasteiger partial charge in [-0.25, -0.2) is 12.7 Å². The van der Waals surface area contributed by atoms with Gasteiger partial charge < -0.3 is 4.74 Å². The SMILES string of the molecule is CS(=O)(=O)N1CCC(n2ccc(-c3ccc(Oc4ccccc4)cc3)n2)CC1. The van der Waals surface area contributed by atoms with Gasteiger partial charge in [0.15, 0.2) is 0 Å². The molecule has 4 rings (SSSR count). The summed E-state index contributed by atoms with van der Waals surface area (Å²) >= 11 is 0. The molecule has 0 spiro atoms. The summed E-state index contributed by atoms with van der Waals surface area (Å²) in [6.07, 6.45) is 4.80. The third-order valence-corrected chi connectivity index (χ3v) is 6.31. The summed E-state index contributed by atoms with van der Waals surface area (Å²) in [5.74, 6) is 1.59. The Balaban J connectivity index is 1.42. The van der Waals surface area contributed by atoms with E-state index in [1.54, 1.807) is 4.31 Å². The lowest BCUT2D eigenvalue weighted by atomic mass is 10.1. The molecule has 1 aliphatic heterocycles. The van der Waals surface area contributed by atoms with E-state index in [1.165, 1.54) is 6.26 Å². The molecule has 0 aliphatic carbocycles. The summed E-state index contributed by atoms with van der Waals surface area (Å²) in [4.78, 5) is 0. The van der Waals surface area contributed by atoms with Crippen molar-refractivity contribution >= 4 is 10.0 Å². The number of hydrogen-bond acceptors (Lipinski definition) is 4. The number of hydrogen-bond donors (Lipinski definition) is 0. The lowest BCUT2D eigenvalue weighted by Crippen LogP contribution is -2.38. The van der Waals surface area contributed by atoms with Crippen molar-refractivity contribution in [3.05, 3.63) is 66.9 Å². The van der Waals surface area contributed by atoms with Crippen LogP contribution in [0, 0.1) is 0 Å². The molecule has 0 amide bonds. The van der Waals surface area contributed by atoms with E-state index in [-0.39, 0.29) is 6.04 Å². The van der Waals surface area contributed by atoms with E-state index in [2.05, 4.69) is 0 Å².